The molecule has 3 nitrogen and oxygen atoms in total. The molecular formula is C9H11BrN2OS. The van der Waals surface area contributed by atoms with E-state index in [0.29, 0.717) is 12.2 Å². The van der Waals surface area contributed by atoms with Gasteiger partial charge in [0.25, 0.3) is 0 Å². The zero-order valence-electron chi connectivity index (χ0n) is 7.79. The van der Waals surface area contributed by atoms with Crippen molar-refractivity contribution >= 4 is 39.4 Å². The van der Waals surface area contributed by atoms with Gasteiger partial charge in [-0.05, 0) is 18.4 Å². The van der Waals surface area contributed by atoms with Crippen molar-refractivity contribution in [3.63, 3.8) is 0 Å². The number of nitrogens with zero attached hydrogens (tertiary/aromatic N) is 1. The molecule has 0 aliphatic carbocycles. The minimum absolute atomic E-state index is 0.00458. The highest BCUT2D eigenvalue weighted by Gasteiger charge is 2.02. The molecule has 0 bridgehead atoms. The van der Waals surface area contributed by atoms with Crippen LogP contribution in [0.2, 0.25) is 0 Å². The van der Waals surface area contributed by atoms with Crippen molar-refractivity contribution in [1.29, 1.82) is 0 Å². The van der Waals surface area contributed by atoms with Crippen molar-refractivity contribution in [2.45, 2.75) is 6.42 Å². The number of anilines is 1. The Bertz CT molecular complexity index is 319. The first kappa shape index (κ1) is 11.5. The molecule has 0 spiro atoms. The van der Waals surface area contributed by atoms with Crippen LogP contribution in [0.4, 0.5) is 5.82 Å². The zero-order valence-corrected chi connectivity index (χ0v) is 10.2. The summed E-state index contributed by atoms with van der Waals surface area (Å²) in [7, 11) is 0. The van der Waals surface area contributed by atoms with E-state index in [2.05, 4.69) is 26.2 Å². The Morgan fingerprint density at radius 2 is 2.50 bits per heavy atom. The third-order valence-corrected chi connectivity index (χ3v) is 2.63. The largest absolute Gasteiger partial charge is 0.311 e. The molecular weight excluding hydrogens is 264 g/mol. The normalized spacial score (nSPS) is 9.86. The van der Waals surface area contributed by atoms with Gasteiger partial charge in [-0.1, -0.05) is 15.9 Å². The first-order valence-corrected chi connectivity index (χ1v) is 6.31. The maximum absolute atomic E-state index is 11.3. The third kappa shape index (κ3) is 4.11. The first-order chi connectivity index (χ1) is 6.72. The van der Waals surface area contributed by atoms with Gasteiger partial charge in [-0.2, -0.15) is 11.8 Å². The number of amides is 1. The second kappa shape index (κ2) is 6.03. The Morgan fingerprint density at radius 3 is 3.14 bits per heavy atom. The van der Waals surface area contributed by atoms with Crippen LogP contribution in [0, 0.1) is 0 Å². The molecule has 0 unspecified atom stereocenters. The highest BCUT2D eigenvalue weighted by atomic mass is 79.9. The standard InChI is InChI=1S/C9H11BrN2OS/c1-14-5-3-9(13)12-8-6-7(10)2-4-11-8/h2,4,6H,3,5H2,1H3,(H,11,12,13). The van der Waals surface area contributed by atoms with Gasteiger partial charge in [0.15, 0.2) is 0 Å². The molecule has 5 heteroatoms. The zero-order chi connectivity index (χ0) is 10.4. The number of hydrogen-bond acceptors (Lipinski definition) is 3. The molecule has 1 heterocycles. The van der Waals surface area contributed by atoms with Gasteiger partial charge in [-0.15, -0.1) is 0 Å². The van der Waals surface area contributed by atoms with Crippen LogP contribution in [-0.2, 0) is 4.79 Å². The summed E-state index contributed by atoms with van der Waals surface area (Å²) in [6, 6.07) is 3.59. The molecule has 14 heavy (non-hydrogen) atoms. The van der Waals surface area contributed by atoms with Crippen LogP contribution in [0.3, 0.4) is 0 Å². The van der Waals surface area contributed by atoms with Gasteiger partial charge in [-0.3, -0.25) is 4.79 Å². The van der Waals surface area contributed by atoms with Gasteiger partial charge in [0.05, 0.1) is 0 Å². The second-order valence-electron chi connectivity index (χ2n) is 2.65. The molecule has 0 fully saturated rings. The van der Waals surface area contributed by atoms with Crippen molar-refractivity contribution < 1.29 is 4.79 Å². The quantitative estimate of drug-likeness (QED) is 0.918. The summed E-state index contributed by atoms with van der Waals surface area (Å²) in [6.07, 6.45) is 4.15. The number of thioether (sulfide) groups is 1. The number of hydrogen-bond donors (Lipinski definition) is 1. The topological polar surface area (TPSA) is 42.0 Å². The summed E-state index contributed by atoms with van der Waals surface area (Å²) < 4.78 is 0.910. The Kier molecular flexibility index (Phi) is 4.97. The molecule has 1 aromatic heterocycles. The SMILES string of the molecule is CSCCC(=O)Nc1cc(Br)ccn1. The molecule has 0 aliphatic heterocycles. The number of aromatic nitrogens is 1. The van der Waals surface area contributed by atoms with Crippen molar-refractivity contribution in [2.75, 3.05) is 17.3 Å². The lowest BCUT2D eigenvalue weighted by atomic mass is 10.4. The third-order valence-electron chi connectivity index (χ3n) is 1.52. The van der Waals surface area contributed by atoms with Crippen LogP contribution >= 0.6 is 27.7 Å². The minimum atomic E-state index is 0.00458. The predicted octanol–water partition coefficient (Wildman–Crippen LogP) is 2.54. The van der Waals surface area contributed by atoms with Gasteiger partial charge in [-0.25, -0.2) is 4.98 Å². The molecule has 1 N–H and O–H groups in total. The summed E-state index contributed by atoms with van der Waals surface area (Å²) in [5.74, 6) is 1.43. The lowest BCUT2D eigenvalue weighted by Crippen LogP contribution is -2.12. The first-order valence-electron chi connectivity index (χ1n) is 4.12. The van der Waals surface area contributed by atoms with E-state index in [1.165, 1.54) is 0 Å². The fourth-order valence-electron chi connectivity index (χ4n) is 0.873. The number of pyridine rings is 1. The number of carbonyl (C=O) groups excluding carboxylic acids is 1. The maximum Gasteiger partial charge on any atom is 0.226 e. The minimum Gasteiger partial charge on any atom is -0.311 e. The Hall–Kier alpha value is -0.550. The van der Waals surface area contributed by atoms with Crippen LogP contribution in [-0.4, -0.2) is 22.9 Å². The number of halogens is 1. The van der Waals surface area contributed by atoms with E-state index < -0.39 is 0 Å². The summed E-state index contributed by atoms with van der Waals surface area (Å²) >= 11 is 4.96. The summed E-state index contributed by atoms with van der Waals surface area (Å²) in [4.78, 5) is 15.3. The number of rotatable bonds is 4. The molecule has 1 rings (SSSR count). The predicted molar refractivity (Wildman–Crippen MR) is 63.6 cm³/mol. The Balaban J connectivity index is 2.47. The van der Waals surface area contributed by atoms with E-state index in [9.17, 15) is 4.79 Å². The van der Waals surface area contributed by atoms with Crippen LogP contribution in [0.15, 0.2) is 22.8 Å². The van der Waals surface area contributed by atoms with Crippen LogP contribution < -0.4 is 5.32 Å². The Morgan fingerprint density at radius 1 is 1.71 bits per heavy atom. The van der Waals surface area contributed by atoms with Gasteiger partial charge >= 0.3 is 0 Å². The molecule has 1 amide bonds. The lowest BCUT2D eigenvalue weighted by Gasteiger charge is -2.03. The highest BCUT2D eigenvalue weighted by Crippen LogP contribution is 2.12. The average molecular weight is 275 g/mol. The van der Waals surface area contributed by atoms with E-state index in [-0.39, 0.29) is 5.91 Å². The van der Waals surface area contributed by atoms with Gasteiger partial charge < -0.3 is 5.32 Å². The Labute approximate surface area is 95.8 Å². The fraction of sp³-hybridized carbons (Fsp3) is 0.333. The van der Waals surface area contributed by atoms with Crippen LogP contribution in [0.25, 0.3) is 0 Å². The van der Waals surface area contributed by atoms with Gasteiger partial charge in [0.2, 0.25) is 5.91 Å². The lowest BCUT2D eigenvalue weighted by molar-refractivity contribution is -0.115. The molecule has 0 aromatic carbocycles. The van der Waals surface area contributed by atoms with Gasteiger partial charge in [0, 0.05) is 22.8 Å². The van der Waals surface area contributed by atoms with E-state index in [0.717, 1.165) is 10.2 Å². The van der Waals surface area contributed by atoms with Gasteiger partial charge in [0.1, 0.15) is 5.82 Å². The van der Waals surface area contributed by atoms with Crippen LogP contribution in [0.5, 0.6) is 0 Å². The molecule has 0 aliphatic rings. The van der Waals surface area contributed by atoms with E-state index in [1.807, 2.05) is 12.3 Å². The number of carbonyl (C=O) groups is 1. The van der Waals surface area contributed by atoms with Crippen molar-refractivity contribution in [2.24, 2.45) is 0 Å². The van der Waals surface area contributed by atoms with E-state index in [4.69, 9.17) is 0 Å². The molecule has 1 aromatic rings. The molecule has 0 saturated heterocycles. The van der Waals surface area contributed by atoms with Crippen molar-refractivity contribution in [1.82, 2.24) is 4.98 Å². The average Bonchev–Trinajstić information content (AvgIpc) is 2.15. The summed E-state index contributed by atoms with van der Waals surface area (Å²) in [6.45, 7) is 0. The van der Waals surface area contributed by atoms with E-state index >= 15 is 0 Å². The highest BCUT2D eigenvalue weighted by molar-refractivity contribution is 9.10. The monoisotopic (exact) mass is 274 g/mol. The fourth-order valence-corrected chi connectivity index (χ4v) is 1.60. The maximum atomic E-state index is 11.3. The van der Waals surface area contributed by atoms with Crippen molar-refractivity contribution in [3.8, 4) is 0 Å². The second-order valence-corrected chi connectivity index (χ2v) is 4.55. The molecule has 76 valence electrons. The summed E-state index contributed by atoms with van der Waals surface area (Å²) in [5.41, 5.74) is 0. The summed E-state index contributed by atoms with van der Waals surface area (Å²) in [5, 5.41) is 2.72. The van der Waals surface area contributed by atoms with E-state index in [1.54, 1.807) is 24.0 Å². The van der Waals surface area contributed by atoms with Crippen molar-refractivity contribution in [3.05, 3.63) is 22.8 Å². The molecule has 0 atom stereocenters. The number of nitrogens with one attached hydrogen (secondary N) is 1. The molecule has 0 saturated carbocycles. The molecule has 0 radical (unpaired) electrons. The van der Waals surface area contributed by atoms with Crippen LogP contribution in [0.1, 0.15) is 6.42 Å². The smallest absolute Gasteiger partial charge is 0.226 e.